The molecule has 0 aliphatic rings. The van der Waals surface area contributed by atoms with Crippen molar-refractivity contribution in [3.05, 3.63) is 78.4 Å². The molecule has 1 unspecified atom stereocenters. The molecule has 0 spiro atoms. The average molecular weight is 366 g/mol. The molecule has 142 valence electrons. The molecule has 27 heavy (non-hydrogen) atoms. The number of ether oxygens (including phenoxy) is 1. The molecule has 2 amide bonds. The fourth-order valence-corrected chi connectivity index (χ4v) is 2.84. The van der Waals surface area contributed by atoms with Crippen molar-refractivity contribution in [3.8, 4) is 5.75 Å². The lowest BCUT2D eigenvalue weighted by atomic mass is 10.0. The highest BCUT2D eigenvalue weighted by Crippen LogP contribution is 2.17. The van der Waals surface area contributed by atoms with Crippen molar-refractivity contribution < 1.29 is 14.3 Å². The number of amides is 2. The molecular formula is C22H26N2O3. The zero-order chi connectivity index (χ0) is 19.6. The van der Waals surface area contributed by atoms with E-state index in [0.717, 1.165) is 16.9 Å². The molecule has 0 fully saturated rings. The van der Waals surface area contributed by atoms with Crippen LogP contribution in [0.5, 0.6) is 5.75 Å². The summed E-state index contributed by atoms with van der Waals surface area (Å²) in [5, 5.41) is 2.82. The van der Waals surface area contributed by atoms with Crippen LogP contribution in [-0.4, -0.2) is 36.4 Å². The van der Waals surface area contributed by atoms with Gasteiger partial charge in [-0.05, 0) is 23.3 Å². The lowest BCUT2D eigenvalue weighted by Gasteiger charge is -2.30. The maximum absolute atomic E-state index is 12.8. The molecular weight excluding hydrogens is 340 g/mol. The SMILES string of the molecule is C=CCNC(=O)C(Cc1ccccc1)N(Cc1ccc(OC)cc1)C(C)=O. The fourth-order valence-electron chi connectivity index (χ4n) is 2.84. The molecule has 0 bridgehead atoms. The smallest absolute Gasteiger partial charge is 0.243 e. The van der Waals surface area contributed by atoms with Crippen molar-refractivity contribution in [1.82, 2.24) is 10.2 Å². The predicted molar refractivity (Wildman–Crippen MR) is 106 cm³/mol. The Morgan fingerprint density at radius 3 is 2.33 bits per heavy atom. The summed E-state index contributed by atoms with van der Waals surface area (Å²) in [7, 11) is 1.61. The molecule has 2 aromatic rings. The van der Waals surface area contributed by atoms with Crippen LogP contribution in [-0.2, 0) is 22.6 Å². The second kappa shape index (κ2) is 10.2. The van der Waals surface area contributed by atoms with E-state index in [1.165, 1.54) is 6.92 Å². The molecule has 1 atom stereocenters. The van der Waals surface area contributed by atoms with Gasteiger partial charge < -0.3 is 15.0 Å². The maximum Gasteiger partial charge on any atom is 0.243 e. The van der Waals surface area contributed by atoms with E-state index in [1.54, 1.807) is 18.1 Å². The van der Waals surface area contributed by atoms with Gasteiger partial charge in [0.05, 0.1) is 7.11 Å². The highest BCUT2D eigenvalue weighted by atomic mass is 16.5. The van der Waals surface area contributed by atoms with Crippen LogP contribution in [0.1, 0.15) is 18.1 Å². The topological polar surface area (TPSA) is 58.6 Å². The highest BCUT2D eigenvalue weighted by Gasteiger charge is 2.28. The van der Waals surface area contributed by atoms with Crippen molar-refractivity contribution in [2.75, 3.05) is 13.7 Å². The number of methoxy groups -OCH3 is 1. The third kappa shape index (κ3) is 5.99. The van der Waals surface area contributed by atoms with Crippen LogP contribution >= 0.6 is 0 Å². The maximum atomic E-state index is 12.8. The van der Waals surface area contributed by atoms with Gasteiger partial charge in [0.1, 0.15) is 11.8 Å². The summed E-state index contributed by atoms with van der Waals surface area (Å²) in [4.78, 5) is 26.8. The first-order valence-electron chi connectivity index (χ1n) is 8.87. The number of nitrogens with zero attached hydrogens (tertiary/aromatic N) is 1. The Morgan fingerprint density at radius 2 is 1.78 bits per heavy atom. The second-order valence-corrected chi connectivity index (χ2v) is 6.23. The monoisotopic (exact) mass is 366 g/mol. The number of nitrogens with one attached hydrogen (secondary N) is 1. The number of hydrogen-bond donors (Lipinski definition) is 1. The van der Waals surface area contributed by atoms with E-state index in [0.29, 0.717) is 19.5 Å². The van der Waals surface area contributed by atoms with Gasteiger partial charge in [0, 0.05) is 26.4 Å². The van der Waals surface area contributed by atoms with Gasteiger partial charge in [0.2, 0.25) is 11.8 Å². The van der Waals surface area contributed by atoms with Gasteiger partial charge in [0.15, 0.2) is 0 Å². The van der Waals surface area contributed by atoms with Gasteiger partial charge in [-0.2, -0.15) is 0 Å². The molecule has 0 aliphatic heterocycles. The summed E-state index contributed by atoms with van der Waals surface area (Å²) in [6.07, 6.45) is 2.07. The zero-order valence-electron chi connectivity index (χ0n) is 15.9. The largest absolute Gasteiger partial charge is 0.497 e. The van der Waals surface area contributed by atoms with Crippen molar-refractivity contribution in [2.24, 2.45) is 0 Å². The normalized spacial score (nSPS) is 11.3. The first-order chi connectivity index (χ1) is 13.0. The van der Waals surface area contributed by atoms with Crippen molar-refractivity contribution in [1.29, 1.82) is 0 Å². The van der Waals surface area contributed by atoms with Gasteiger partial charge in [0.25, 0.3) is 0 Å². The standard InChI is InChI=1S/C22H26N2O3/c1-4-14-23-22(26)21(15-18-8-6-5-7-9-18)24(17(2)25)16-19-10-12-20(27-3)13-11-19/h4-13,21H,1,14-16H2,2-3H3,(H,23,26). The molecule has 0 heterocycles. The Bertz CT molecular complexity index is 757. The first-order valence-corrected chi connectivity index (χ1v) is 8.87. The third-order valence-electron chi connectivity index (χ3n) is 4.29. The Morgan fingerprint density at radius 1 is 1.11 bits per heavy atom. The molecule has 2 aromatic carbocycles. The third-order valence-corrected chi connectivity index (χ3v) is 4.29. The molecule has 5 heteroatoms. The Balaban J connectivity index is 2.26. The summed E-state index contributed by atoms with van der Waals surface area (Å²) in [5.41, 5.74) is 1.93. The van der Waals surface area contributed by atoms with E-state index >= 15 is 0 Å². The van der Waals surface area contributed by atoms with Crippen LogP contribution in [0.4, 0.5) is 0 Å². The Kier molecular flexibility index (Phi) is 7.62. The summed E-state index contributed by atoms with van der Waals surface area (Å²) in [6, 6.07) is 16.6. The van der Waals surface area contributed by atoms with E-state index in [-0.39, 0.29) is 11.8 Å². The number of hydrogen-bond acceptors (Lipinski definition) is 3. The number of benzene rings is 2. The Hall–Kier alpha value is -3.08. The van der Waals surface area contributed by atoms with Gasteiger partial charge in [-0.25, -0.2) is 0 Å². The van der Waals surface area contributed by atoms with Crippen LogP contribution in [0.2, 0.25) is 0 Å². The van der Waals surface area contributed by atoms with Crippen molar-refractivity contribution in [2.45, 2.75) is 25.9 Å². The molecule has 2 rings (SSSR count). The van der Waals surface area contributed by atoms with E-state index in [1.807, 2.05) is 54.6 Å². The van der Waals surface area contributed by atoms with Gasteiger partial charge in [-0.15, -0.1) is 6.58 Å². The number of carbonyl (C=O) groups excluding carboxylic acids is 2. The van der Waals surface area contributed by atoms with E-state index in [9.17, 15) is 9.59 Å². The molecule has 0 radical (unpaired) electrons. The van der Waals surface area contributed by atoms with Crippen molar-refractivity contribution >= 4 is 11.8 Å². The average Bonchev–Trinajstić information content (AvgIpc) is 2.69. The van der Waals surface area contributed by atoms with Gasteiger partial charge in [-0.1, -0.05) is 48.5 Å². The number of carbonyl (C=O) groups is 2. The summed E-state index contributed by atoms with van der Waals surface area (Å²) in [6.45, 7) is 5.83. The zero-order valence-corrected chi connectivity index (χ0v) is 15.9. The summed E-state index contributed by atoms with van der Waals surface area (Å²) in [5.74, 6) is 0.403. The van der Waals surface area contributed by atoms with Crippen LogP contribution in [0.3, 0.4) is 0 Å². The molecule has 5 nitrogen and oxygen atoms in total. The van der Waals surface area contributed by atoms with Gasteiger partial charge >= 0.3 is 0 Å². The minimum atomic E-state index is -0.605. The predicted octanol–water partition coefficient (Wildman–Crippen LogP) is 2.96. The van der Waals surface area contributed by atoms with Gasteiger partial charge in [-0.3, -0.25) is 9.59 Å². The first kappa shape index (κ1) is 20.2. The van der Waals surface area contributed by atoms with E-state index < -0.39 is 6.04 Å². The molecule has 0 saturated heterocycles. The Labute approximate surface area is 160 Å². The molecule has 0 aliphatic carbocycles. The minimum absolute atomic E-state index is 0.152. The lowest BCUT2D eigenvalue weighted by Crippen LogP contribution is -2.49. The summed E-state index contributed by atoms with van der Waals surface area (Å²) >= 11 is 0. The van der Waals surface area contributed by atoms with Crippen LogP contribution in [0.25, 0.3) is 0 Å². The molecule has 0 saturated carbocycles. The van der Waals surface area contributed by atoms with E-state index in [4.69, 9.17) is 4.74 Å². The highest BCUT2D eigenvalue weighted by molar-refractivity contribution is 5.87. The van der Waals surface area contributed by atoms with E-state index in [2.05, 4.69) is 11.9 Å². The molecule has 0 aromatic heterocycles. The fraction of sp³-hybridized carbons (Fsp3) is 0.273. The lowest BCUT2D eigenvalue weighted by molar-refractivity contribution is -0.139. The van der Waals surface area contributed by atoms with Crippen molar-refractivity contribution in [3.63, 3.8) is 0 Å². The quantitative estimate of drug-likeness (QED) is 0.694. The second-order valence-electron chi connectivity index (χ2n) is 6.23. The summed E-state index contributed by atoms with van der Waals surface area (Å²) < 4.78 is 5.18. The van der Waals surface area contributed by atoms with Crippen LogP contribution in [0, 0.1) is 0 Å². The van der Waals surface area contributed by atoms with Crippen LogP contribution in [0.15, 0.2) is 67.3 Å². The van der Waals surface area contributed by atoms with Crippen LogP contribution < -0.4 is 10.1 Å². The molecule has 1 N–H and O–H groups in total. The number of rotatable bonds is 9. The minimum Gasteiger partial charge on any atom is -0.497 e.